The number of hydrogen-bond donors (Lipinski definition) is 1. The summed E-state index contributed by atoms with van der Waals surface area (Å²) in [5.41, 5.74) is 1.71. The molecule has 0 radical (unpaired) electrons. The maximum Gasteiger partial charge on any atom is 0.344 e. The van der Waals surface area contributed by atoms with Gasteiger partial charge in [-0.2, -0.15) is 0 Å². The summed E-state index contributed by atoms with van der Waals surface area (Å²) in [6.07, 6.45) is 0.777. The van der Waals surface area contributed by atoms with Gasteiger partial charge in [-0.15, -0.1) is 0 Å². The minimum Gasteiger partial charge on any atom is -0.482 e. The summed E-state index contributed by atoms with van der Waals surface area (Å²) in [4.78, 5) is 23.6. The lowest BCUT2D eigenvalue weighted by molar-refractivity contribution is -0.147. The van der Waals surface area contributed by atoms with Crippen LogP contribution in [0.4, 0.5) is 0 Å². The summed E-state index contributed by atoms with van der Waals surface area (Å²) in [7, 11) is 1.53. The Hall–Kier alpha value is -2.86. The molecule has 1 amide bonds. The number of hydrogen-bond acceptors (Lipinski definition) is 5. The summed E-state index contributed by atoms with van der Waals surface area (Å²) in [6, 6.07) is 16.6. The van der Waals surface area contributed by atoms with Crippen LogP contribution in [0.3, 0.4) is 0 Å². The second-order valence-electron chi connectivity index (χ2n) is 5.52. The topological polar surface area (TPSA) is 73.9 Å². The minimum absolute atomic E-state index is 0.147. The molecule has 0 aliphatic rings. The van der Waals surface area contributed by atoms with Crippen molar-refractivity contribution >= 4 is 11.9 Å². The summed E-state index contributed by atoms with van der Waals surface area (Å²) >= 11 is 0. The van der Waals surface area contributed by atoms with E-state index < -0.39 is 5.97 Å². The highest BCUT2D eigenvalue weighted by Crippen LogP contribution is 2.12. The van der Waals surface area contributed by atoms with Crippen LogP contribution < -0.4 is 10.1 Å². The van der Waals surface area contributed by atoms with Crippen LogP contribution in [0.25, 0.3) is 0 Å². The Balaban J connectivity index is 1.72. The van der Waals surface area contributed by atoms with Crippen molar-refractivity contribution in [1.29, 1.82) is 0 Å². The first-order valence-corrected chi connectivity index (χ1v) is 8.38. The van der Waals surface area contributed by atoms with Crippen LogP contribution in [0.5, 0.6) is 5.75 Å². The summed E-state index contributed by atoms with van der Waals surface area (Å²) in [6.45, 7) is 0.918. The van der Waals surface area contributed by atoms with Crippen molar-refractivity contribution < 1.29 is 23.8 Å². The van der Waals surface area contributed by atoms with Gasteiger partial charge in [-0.05, 0) is 36.2 Å². The highest BCUT2D eigenvalue weighted by Gasteiger charge is 2.07. The molecule has 0 aliphatic heterocycles. The Morgan fingerprint density at radius 3 is 2.38 bits per heavy atom. The average molecular weight is 357 g/mol. The fraction of sp³-hybridized carbons (Fsp3) is 0.300. The van der Waals surface area contributed by atoms with Gasteiger partial charge in [0, 0.05) is 19.2 Å². The molecule has 0 aromatic heterocycles. The van der Waals surface area contributed by atoms with Gasteiger partial charge >= 0.3 is 5.97 Å². The summed E-state index contributed by atoms with van der Waals surface area (Å²) in [5.74, 6) is -0.120. The van der Waals surface area contributed by atoms with Gasteiger partial charge in [-0.25, -0.2) is 4.79 Å². The molecule has 138 valence electrons. The van der Waals surface area contributed by atoms with Crippen molar-refractivity contribution in [1.82, 2.24) is 5.32 Å². The molecule has 0 atom stereocenters. The van der Waals surface area contributed by atoms with E-state index in [9.17, 15) is 9.59 Å². The van der Waals surface area contributed by atoms with Crippen molar-refractivity contribution in [2.75, 3.05) is 33.5 Å². The fourth-order valence-corrected chi connectivity index (χ4v) is 2.19. The highest BCUT2D eigenvalue weighted by atomic mass is 16.6. The predicted molar refractivity (Wildman–Crippen MR) is 97.3 cm³/mol. The molecule has 0 aliphatic carbocycles. The van der Waals surface area contributed by atoms with E-state index in [1.165, 1.54) is 12.7 Å². The third-order valence-electron chi connectivity index (χ3n) is 3.57. The largest absolute Gasteiger partial charge is 0.482 e. The standard InChI is InChI=1S/C20H23NO5/c1-24-13-14-25-19(22)15-26-18-9-7-17(8-10-18)20(23)21-12-11-16-5-3-2-4-6-16/h2-10H,11-15H2,1H3,(H,21,23). The molecular formula is C20H23NO5. The van der Waals surface area contributed by atoms with Crippen LogP contribution in [0.2, 0.25) is 0 Å². The minimum atomic E-state index is -0.468. The summed E-state index contributed by atoms with van der Waals surface area (Å²) in [5, 5.41) is 2.88. The van der Waals surface area contributed by atoms with E-state index >= 15 is 0 Å². The second kappa shape index (κ2) is 10.9. The van der Waals surface area contributed by atoms with Crippen molar-refractivity contribution in [3.63, 3.8) is 0 Å². The van der Waals surface area contributed by atoms with Crippen molar-refractivity contribution in [3.05, 3.63) is 65.7 Å². The van der Waals surface area contributed by atoms with Gasteiger partial charge in [0.2, 0.25) is 0 Å². The van der Waals surface area contributed by atoms with Crippen molar-refractivity contribution in [3.8, 4) is 5.75 Å². The van der Waals surface area contributed by atoms with E-state index in [0.717, 1.165) is 6.42 Å². The predicted octanol–water partition coefficient (Wildman–Crippen LogP) is 2.23. The first kappa shape index (κ1) is 19.5. The quantitative estimate of drug-likeness (QED) is 0.521. The van der Waals surface area contributed by atoms with E-state index in [1.807, 2.05) is 30.3 Å². The lowest BCUT2D eigenvalue weighted by Crippen LogP contribution is -2.25. The van der Waals surface area contributed by atoms with E-state index in [4.69, 9.17) is 14.2 Å². The maximum atomic E-state index is 12.1. The molecule has 0 heterocycles. The van der Waals surface area contributed by atoms with Crippen LogP contribution in [0.15, 0.2) is 54.6 Å². The molecule has 2 aromatic carbocycles. The Morgan fingerprint density at radius 1 is 0.962 bits per heavy atom. The Bertz CT molecular complexity index is 685. The Kier molecular flexibility index (Phi) is 8.15. The van der Waals surface area contributed by atoms with Gasteiger partial charge in [0.1, 0.15) is 12.4 Å². The number of esters is 1. The normalized spacial score (nSPS) is 10.2. The maximum absolute atomic E-state index is 12.1. The van der Waals surface area contributed by atoms with Gasteiger partial charge in [0.15, 0.2) is 6.61 Å². The van der Waals surface area contributed by atoms with Gasteiger partial charge in [-0.3, -0.25) is 4.79 Å². The Morgan fingerprint density at radius 2 is 1.69 bits per heavy atom. The molecule has 0 saturated heterocycles. The molecule has 6 heteroatoms. The van der Waals surface area contributed by atoms with E-state index in [-0.39, 0.29) is 19.1 Å². The molecule has 0 unspecified atom stereocenters. The first-order valence-electron chi connectivity index (χ1n) is 8.38. The van der Waals surface area contributed by atoms with Gasteiger partial charge in [0.25, 0.3) is 5.91 Å². The lowest BCUT2D eigenvalue weighted by Gasteiger charge is -2.08. The monoisotopic (exact) mass is 357 g/mol. The molecule has 26 heavy (non-hydrogen) atoms. The van der Waals surface area contributed by atoms with Crippen LogP contribution in [0.1, 0.15) is 15.9 Å². The zero-order chi connectivity index (χ0) is 18.6. The third-order valence-corrected chi connectivity index (χ3v) is 3.57. The van der Waals surface area contributed by atoms with E-state index in [0.29, 0.717) is 24.5 Å². The average Bonchev–Trinajstić information content (AvgIpc) is 2.68. The van der Waals surface area contributed by atoms with E-state index in [1.54, 1.807) is 24.3 Å². The Labute approximate surface area is 153 Å². The number of carbonyl (C=O) groups is 2. The smallest absolute Gasteiger partial charge is 0.344 e. The zero-order valence-corrected chi connectivity index (χ0v) is 14.8. The molecule has 0 bridgehead atoms. The molecule has 1 N–H and O–H groups in total. The van der Waals surface area contributed by atoms with Gasteiger partial charge < -0.3 is 19.5 Å². The molecule has 0 spiro atoms. The van der Waals surface area contributed by atoms with Gasteiger partial charge in [-0.1, -0.05) is 30.3 Å². The number of rotatable bonds is 10. The lowest BCUT2D eigenvalue weighted by atomic mass is 10.1. The van der Waals surface area contributed by atoms with Crippen molar-refractivity contribution in [2.24, 2.45) is 0 Å². The van der Waals surface area contributed by atoms with Crippen LogP contribution in [0, 0.1) is 0 Å². The fourth-order valence-electron chi connectivity index (χ4n) is 2.19. The SMILES string of the molecule is COCCOC(=O)COc1ccc(C(=O)NCCc2ccccc2)cc1. The molecule has 0 fully saturated rings. The zero-order valence-electron chi connectivity index (χ0n) is 14.8. The third kappa shape index (κ3) is 6.94. The number of benzene rings is 2. The molecule has 2 aromatic rings. The number of nitrogens with one attached hydrogen (secondary N) is 1. The van der Waals surface area contributed by atoms with Crippen molar-refractivity contribution in [2.45, 2.75) is 6.42 Å². The molecule has 0 saturated carbocycles. The summed E-state index contributed by atoms with van der Waals surface area (Å²) < 4.78 is 15.0. The van der Waals surface area contributed by atoms with Crippen LogP contribution in [-0.4, -0.2) is 45.4 Å². The van der Waals surface area contributed by atoms with Crippen LogP contribution >= 0.6 is 0 Å². The van der Waals surface area contributed by atoms with Crippen LogP contribution in [-0.2, 0) is 20.7 Å². The molecule has 6 nitrogen and oxygen atoms in total. The number of ether oxygens (including phenoxy) is 3. The van der Waals surface area contributed by atoms with Gasteiger partial charge in [0.05, 0.1) is 6.61 Å². The number of methoxy groups -OCH3 is 1. The highest BCUT2D eigenvalue weighted by molar-refractivity contribution is 5.94. The second-order valence-corrected chi connectivity index (χ2v) is 5.52. The molecule has 2 rings (SSSR count). The van der Waals surface area contributed by atoms with E-state index in [2.05, 4.69) is 5.32 Å². The number of amides is 1. The number of carbonyl (C=O) groups excluding carboxylic acids is 2. The molecular weight excluding hydrogens is 334 g/mol. The first-order chi connectivity index (χ1) is 12.7.